The van der Waals surface area contributed by atoms with E-state index in [1.165, 1.54) is 6.08 Å². The number of rotatable bonds is 4. The molecule has 0 unspecified atom stereocenters. The van der Waals surface area contributed by atoms with Crippen LogP contribution in [0.2, 0.25) is 0 Å². The lowest BCUT2D eigenvalue weighted by molar-refractivity contribution is -0.374. The Labute approximate surface area is 141 Å². The Kier molecular flexibility index (Phi) is 4.39. The van der Waals surface area contributed by atoms with E-state index >= 15 is 0 Å². The highest BCUT2D eigenvalue weighted by atomic mass is 79.9. The van der Waals surface area contributed by atoms with Crippen molar-refractivity contribution in [3.05, 3.63) is 92.6 Å². The summed E-state index contributed by atoms with van der Waals surface area (Å²) in [4.78, 5) is 10.9. The van der Waals surface area contributed by atoms with Gasteiger partial charge in [0, 0.05) is 10.0 Å². The quantitative estimate of drug-likeness (QED) is 0.451. The van der Waals surface area contributed by atoms with Gasteiger partial charge in [-0.05, 0) is 36.4 Å². The van der Waals surface area contributed by atoms with Gasteiger partial charge in [0.1, 0.15) is 11.5 Å². The van der Waals surface area contributed by atoms with Crippen LogP contribution in [0.3, 0.4) is 0 Å². The number of furan rings is 1. The van der Waals surface area contributed by atoms with Crippen molar-refractivity contribution in [2.24, 2.45) is 0 Å². The SMILES string of the molecule is O=[N+]([O-])/C(=C\c1ccc(-c2ccc(Br)cc2)o1)c1ccccc1. The first-order valence-electron chi connectivity index (χ1n) is 6.91. The van der Waals surface area contributed by atoms with Crippen molar-refractivity contribution >= 4 is 27.7 Å². The highest BCUT2D eigenvalue weighted by Gasteiger charge is 2.15. The van der Waals surface area contributed by atoms with Gasteiger partial charge in [0.05, 0.1) is 16.6 Å². The minimum atomic E-state index is -0.406. The van der Waals surface area contributed by atoms with Crippen LogP contribution in [0.4, 0.5) is 0 Å². The van der Waals surface area contributed by atoms with Crippen LogP contribution in [0, 0.1) is 10.1 Å². The van der Waals surface area contributed by atoms with Crippen LogP contribution < -0.4 is 0 Å². The van der Waals surface area contributed by atoms with Gasteiger partial charge in [-0.2, -0.15) is 0 Å². The van der Waals surface area contributed by atoms with E-state index in [1.807, 2.05) is 30.3 Å². The second-order valence-electron chi connectivity index (χ2n) is 4.86. The molecule has 3 rings (SSSR count). The topological polar surface area (TPSA) is 56.3 Å². The number of nitro groups is 1. The summed E-state index contributed by atoms with van der Waals surface area (Å²) in [6.45, 7) is 0. The Morgan fingerprint density at radius 2 is 1.70 bits per heavy atom. The van der Waals surface area contributed by atoms with Crippen LogP contribution in [0.15, 0.2) is 75.6 Å². The molecule has 0 bridgehead atoms. The lowest BCUT2D eigenvalue weighted by Gasteiger charge is -1.98. The van der Waals surface area contributed by atoms with Gasteiger partial charge in [-0.3, -0.25) is 10.1 Å². The number of nitrogens with zero attached hydrogens (tertiary/aromatic N) is 1. The third-order valence-electron chi connectivity index (χ3n) is 3.30. The van der Waals surface area contributed by atoms with E-state index in [2.05, 4.69) is 15.9 Å². The van der Waals surface area contributed by atoms with Crippen molar-refractivity contribution in [1.82, 2.24) is 0 Å². The van der Waals surface area contributed by atoms with Crippen molar-refractivity contribution < 1.29 is 9.34 Å². The van der Waals surface area contributed by atoms with Crippen molar-refractivity contribution in [1.29, 1.82) is 0 Å². The first-order chi connectivity index (χ1) is 11.1. The van der Waals surface area contributed by atoms with Gasteiger partial charge in [-0.1, -0.05) is 46.3 Å². The molecule has 3 aromatic rings. The molecule has 0 radical (unpaired) electrons. The summed E-state index contributed by atoms with van der Waals surface area (Å²) >= 11 is 3.38. The molecule has 4 nitrogen and oxygen atoms in total. The molecule has 2 aromatic carbocycles. The van der Waals surface area contributed by atoms with Crippen LogP contribution in [-0.2, 0) is 0 Å². The maximum absolute atomic E-state index is 11.3. The number of hydrogen-bond acceptors (Lipinski definition) is 3. The molecule has 114 valence electrons. The summed E-state index contributed by atoms with van der Waals surface area (Å²) in [7, 11) is 0. The van der Waals surface area contributed by atoms with Gasteiger partial charge in [-0.25, -0.2) is 0 Å². The summed E-state index contributed by atoms with van der Waals surface area (Å²) in [6.07, 6.45) is 1.44. The van der Waals surface area contributed by atoms with Crippen LogP contribution in [0.25, 0.3) is 23.1 Å². The molecule has 0 aliphatic rings. The fourth-order valence-corrected chi connectivity index (χ4v) is 2.45. The van der Waals surface area contributed by atoms with Crippen molar-refractivity contribution in [2.75, 3.05) is 0 Å². The number of hydrogen-bond donors (Lipinski definition) is 0. The molecule has 1 aromatic heterocycles. The monoisotopic (exact) mass is 369 g/mol. The Hall–Kier alpha value is -2.66. The summed E-state index contributed by atoms with van der Waals surface area (Å²) in [5.41, 5.74) is 1.46. The average Bonchev–Trinajstić information content (AvgIpc) is 3.02. The molecule has 23 heavy (non-hydrogen) atoms. The van der Waals surface area contributed by atoms with E-state index in [1.54, 1.807) is 36.4 Å². The van der Waals surface area contributed by atoms with E-state index in [0.717, 1.165) is 10.0 Å². The van der Waals surface area contributed by atoms with E-state index < -0.39 is 4.92 Å². The third-order valence-corrected chi connectivity index (χ3v) is 3.83. The zero-order chi connectivity index (χ0) is 16.2. The maximum atomic E-state index is 11.3. The fourth-order valence-electron chi connectivity index (χ4n) is 2.18. The molecule has 0 saturated heterocycles. The summed E-state index contributed by atoms with van der Waals surface area (Å²) < 4.78 is 6.69. The van der Waals surface area contributed by atoms with Gasteiger partial charge in [-0.15, -0.1) is 0 Å². The van der Waals surface area contributed by atoms with Crippen LogP contribution in [-0.4, -0.2) is 4.92 Å². The second kappa shape index (κ2) is 6.62. The van der Waals surface area contributed by atoms with Gasteiger partial charge in [0.25, 0.3) is 5.70 Å². The van der Waals surface area contributed by atoms with Gasteiger partial charge >= 0.3 is 0 Å². The largest absolute Gasteiger partial charge is 0.456 e. The maximum Gasteiger partial charge on any atom is 0.280 e. The molecule has 5 heteroatoms. The molecule has 0 fully saturated rings. The van der Waals surface area contributed by atoms with Gasteiger partial charge < -0.3 is 4.42 Å². The average molecular weight is 370 g/mol. The first kappa shape index (κ1) is 15.2. The lowest BCUT2D eigenvalue weighted by atomic mass is 10.1. The van der Waals surface area contributed by atoms with E-state index in [-0.39, 0.29) is 5.70 Å². The third kappa shape index (κ3) is 3.57. The van der Waals surface area contributed by atoms with E-state index in [0.29, 0.717) is 17.1 Å². The van der Waals surface area contributed by atoms with Crippen molar-refractivity contribution in [3.8, 4) is 11.3 Å². The van der Waals surface area contributed by atoms with Gasteiger partial charge in [0.2, 0.25) is 0 Å². The first-order valence-corrected chi connectivity index (χ1v) is 7.70. The Balaban J connectivity index is 1.95. The van der Waals surface area contributed by atoms with Crippen molar-refractivity contribution in [3.63, 3.8) is 0 Å². The van der Waals surface area contributed by atoms with Crippen molar-refractivity contribution in [2.45, 2.75) is 0 Å². The molecule has 0 aliphatic carbocycles. The highest BCUT2D eigenvalue weighted by molar-refractivity contribution is 9.10. The Morgan fingerprint density at radius 1 is 1.00 bits per heavy atom. The summed E-state index contributed by atoms with van der Waals surface area (Å²) in [5, 5.41) is 11.3. The molecule has 0 aliphatic heterocycles. The lowest BCUT2D eigenvalue weighted by Crippen LogP contribution is -1.97. The van der Waals surface area contributed by atoms with Crippen LogP contribution in [0.1, 0.15) is 11.3 Å². The van der Waals surface area contributed by atoms with Crippen LogP contribution in [0.5, 0.6) is 0 Å². The van der Waals surface area contributed by atoms with E-state index in [4.69, 9.17) is 4.42 Å². The predicted molar refractivity (Wildman–Crippen MR) is 93.2 cm³/mol. The minimum absolute atomic E-state index is 0.00214. The number of halogens is 1. The minimum Gasteiger partial charge on any atom is -0.456 e. The highest BCUT2D eigenvalue weighted by Crippen LogP contribution is 2.26. The predicted octanol–water partition coefficient (Wildman–Crippen LogP) is 5.48. The zero-order valence-electron chi connectivity index (χ0n) is 12.0. The Morgan fingerprint density at radius 3 is 2.35 bits per heavy atom. The second-order valence-corrected chi connectivity index (χ2v) is 5.78. The fraction of sp³-hybridized carbons (Fsp3) is 0. The normalized spacial score (nSPS) is 11.4. The van der Waals surface area contributed by atoms with Gasteiger partial charge in [0.15, 0.2) is 0 Å². The molecular formula is C18H12BrNO3. The smallest absolute Gasteiger partial charge is 0.280 e. The molecular weight excluding hydrogens is 358 g/mol. The summed E-state index contributed by atoms with van der Waals surface area (Å²) in [6, 6.07) is 20.0. The molecule has 0 N–H and O–H groups in total. The molecule has 0 amide bonds. The Bertz CT molecular complexity index is 851. The molecule has 0 saturated carbocycles. The number of benzene rings is 2. The van der Waals surface area contributed by atoms with Crippen LogP contribution >= 0.6 is 15.9 Å². The van der Waals surface area contributed by atoms with E-state index in [9.17, 15) is 10.1 Å². The molecule has 0 atom stereocenters. The molecule has 1 heterocycles. The summed E-state index contributed by atoms with van der Waals surface area (Å²) in [5.74, 6) is 1.11. The zero-order valence-corrected chi connectivity index (χ0v) is 13.6. The molecule has 0 spiro atoms. The standard InChI is InChI=1S/C18H12BrNO3/c19-15-8-6-14(7-9-15)18-11-10-16(23-18)12-17(20(21)22)13-4-2-1-3-5-13/h1-12H/b17-12-.